The Bertz CT molecular complexity index is 415. The summed E-state index contributed by atoms with van der Waals surface area (Å²) in [4.78, 5) is 11.4. The molecule has 0 aliphatic rings. The summed E-state index contributed by atoms with van der Waals surface area (Å²) in [5, 5.41) is -0.239. The molecule has 0 fully saturated rings. The zero-order chi connectivity index (χ0) is 12.5. The van der Waals surface area contributed by atoms with E-state index < -0.39 is 23.6 Å². The monoisotopic (exact) mass is 251 g/mol. The second-order valence-corrected chi connectivity index (χ2v) is 3.75. The van der Waals surface area contributed by atoms with Gasteiger partial charge in [-0.1, -0.05) is 11.6 Å². The minimum atomic E-state index is -4.47. The van der Waals surface area contributed by atoms with E-state index in [0.717, 1.165) is 18.2 Å². The van der Waals surface area contributed by atoms with E-state index in [9.17, 15) is 18.0 Å². The topological polar surface area (TPSA) is 43.1 Å². The summed E-state index contributed by atoms with van der Waals surface area (Å²) in [7, 11) is 0. The van der Waals surface area contributed by atoms with E-state index in [1.54, 1.807) is 0 Å². The van der Waals surface area contributed by atoms with Crippen molar-refractivity contribution in [1.82, 2.24) is 0 Å². The van der Waals surface area contributed by atoms with Gasteiger partial charge in [0.05, 0.1) is 16.6 Å². The van der Waals surface area contributed by atoms with Gasteiger partial charge in [0, 0.05) is 5.56 Å². The Hall–Kier alpha value is -1.07. The van der Waals surface area contributed by atoms with Crippen LogP contribution in [-0.2, 0) is 6.18 Å². The first-order chi connectivity index (χ1) is 7.23. The third-order valence-corrected chi connectivity index (χ3v) is 2.29. The van der Waals surface area contributed by atoms with Crippen molar-refractivity contribution in [3.63, 3.8) is 0 Å². The Balaban J connectivity index is 3.15. The van der Waals surface area contributed by atoms with Crippen molar-refractivity contribution in [3.8, 4) is 0 Å². The molecule has 88 valence electrons. The number of benzene rings is 1. The zero-order valence-electron chi connectivity index (χ0n) is 8.31. The van der Waals surface area contributed by atoms with Crippen LogP contribution >= 0.6 is 11.6 Å². The molecule has 1 aromatic rings. The van der Waals surface area contributed by atoms with Crippen LogP contribution in [0.25, 0.3) is 0 Å². The number of carbonyl (C=O) groups excluding carboxylic acids is 1. The molecule has 0 saturated carbocycles. The van der Waals surface area contributed by atoms with Crippen LogP contribution in [0, 0.1) is 0 Å². The first-order valence-corrected chi connectivity index (χ1v) is 4.78. The second kappa shape index (κ2) is 4.43. The van der Waals surface area contributed by atoms with E-state index in [0.29, 0.717) is 0 Å². The predicted molar refractivity (Wildman–Crippen MR) is 54.4 cm³/mol. The van der Waals surface area contributed by atoms with Crippen LogP contribution in [0.4, 0.5) is 13.2 Å². The lowest BCUT2D eigenvalue weighted by Gasteiger charge is -2.10. The standard InChI is InChI=1S/C10H9ClF3NO/c1-5(15)9(16)7-3-2-6(4-8(7)11)10(12,13)14/h2-5H,15H2,1H3. The Morgan fingerprint density at radius 1 is 1.44 bits per heavy atom. The van der Waals surface area contributed by atoms with Crippen molar-refractivity contribution in [2.75, 3.05) is 0 Å². The number of halogens is 4. The minimum absolute atomic E-state index is 0.00432. The molecule has 0 aliphatic carbocycles. The molecule has 0 saturated heterocycles. The molecule has 1 unspecified atom stereocenters. The summed E-state index contributed by atoms with van der Waals surface area (Å²) in [6.45, 7) is 1.44. The summed E-state index contributed by atoms with van der Waals surface area (Å²) in [6.07, 6.45) is -4.47. The van der Waals surface area contributed by atoms with Crippen LogP contribution in [-0.4, -0.2) is 11.8 Å². The second-order valence-electron chi connectivity index (χ2n) is 3.35. The lowest BCUT2D eigenvalue weighted by atomic mass is 10.0. The molecular weight excluding hydrogens is 243 g/mol. The Labute approximate surface area is 95.2 Å². The summed E-state index contributed by atoms with van der Waals surface area (Å²) >= 11 is 5.60. The number of alkyl halides is 3. The molecule has 0 radical (unpaired) electrons. The fourth-order valence-electron chi connectivity index (χ4n) is 1.14. The highest BCUT2D eigenvalue weighted by atomic mass is 35.5. The molecule has 0 heterocycles. The maximum absolute atomic E-state index is 12.3. The van der Waals surface area contributed by atoms with E-state index in [2.05, 4.69) is 0 Å². The Morgan fingerprint density at radius 2 is 2.00 bits per heavy atom. The number of rotatable bonds is 2. The number of nitrogens with two attached hydrogens (primary N) is 1. The van der Waals surface area contributed by atoms with Crippen molar-refractivity contribution in [1.29, 1.82) is 0 Å². The van der Waals surface area contributed by atoms with Crippen molar-refractivity contribution in [2.24, 2.45) is 5.73 Å². The maximum Gasteiger partial charge on any atom is 0.416 e. The summed E-state index contributed by atoms with van der Waals surface area (Å²) in [5.74, 6) is -0.487. The first kappa shape index (κ1) is 13.0. The normalized spacial score (nSPS) is 13.6. The average Bonchev–Trinajstić information content (AvgIpc) is 2.15. The fraction of sp³-hybridized carbons (Fsp3) is 0.300. The van der Waals surface area contributed by atoms with Gasteiger partial charge in [0.2, 0.25) is 0 Å². The van der Waals surface area contributed by atoms with Gasteiger partial charge >= 0.3 is 6.18 Å². The van der Waals surface area contributed by atoms with Gasteiger partial charge in [0.25, 0.3) is 0 Å². The zero-order valence-corrected chi connectivity index (χ0v) is 9.06. The molecule has 6 heteroatoms. The fourth-order valence-corrected chi connectivity index (χ4v) is 1.41. The molecular formula is C10H9ClF3NO. The number of hydrogen-bond acceptors (Lipinski definition) is 2. The van der Waals surface area contributed by atoms with Crippen LogP contribution in [0.3, 0.4) is 0 Å². The molecule has 0 aliphatic heterocycles. The van der Waals surface area contributed by atoms with Crippen LogP contribution in [0.5, 0.6) is 0 Å². The van der Waals surface area contributed by atoms with Gasteiger partial charge in [0.15, 0.2) is 5.78 Å². The number of hydrogen-bond donors (Lipinski definition) is 1. The highest BCUT2D eigenvalue weighted by molar-refractivity contribution is 6.34. The van der Waals surface area contributed by atoms with Gasteiger partial charge in [0.1, 0.15) is 0 Å². The van der Waals surface area contributed by atoms with Gasteiger partial charge in [-0.05, 0) is 25.1 Å². The average molecular weight is 252 g/mol. The Kier molecular flexibility index (Phi) is 3.60. The van der Waals surface area contributed by atoms with Gasteiger partial charge < -0.3 is 5.73 Å². The highest BCUT2D eigenvalue weighted by Gasteiger charge is 2.31. The van der Waals surface area contributed by atoms with E-state index in [-0.39, 0.29) is 10.6 Å². The Morgan fingerprint density at radius 3 is 2.38 bits per heavy atom. The number of carbonyl (C=O) groups is 1. The summed E-state index contributed by atoms with van der Waals surface area (Å²) in [6, 6.07) is 1.77. The van der Waals surface area contributed by atoms with Crippen LogP contribution in [0.15, 0.2) is 18.2 Å². The largest absolute Gasteiger partial charge is 0.416 e. The highest BCUT2D eigenvalue weighted by Crippen LogP contribution is 2.32. The maximum atomic E-state index is 12.3. The molecule has 0 aromatic heterocycles. The minimum Gasteiger partial charge on any atom is -0.321 e. The van der Waals surface area contributed by atoms with Gasteiger partial charge in [-0.25, -0.2) is 0 Å². The quantitative estimate of drug-likeness (QED) is 0.822. The van der Waals surface area contributed by atoms with E-state index in [1.807, 2.05) is 0 Å². The van der Waals surface area contributed by atoms with Gasteiger partial charge in [-0.15, -0.1) is 0 Å². The molecule has 2 N–H and O–H groups in total. The molecule has 16 heavy (non-hydrogen) atoms. The molecule has 0 bridgehead atoms. The third kappa shape index (κ3) is 2.74. The SMILES string of the molecule is CC(N)C(=O)c1ccc(C(F)(F)F)cc1Cl. The molecule has 1 atom stereocenters. The molecule has 1 aromatic carbocycles. The van der Waals surface area contributed by atoms with Crippen LogP contribution in [0.2, 0.25) is 5.02 Å². The van der Waals surface area contributed by atoms with E-state index >= 15 is 0 Å². The van der Waals surface area contributed by atoms with E-state index in [4.69, 9.17) is 17.3 Å². The number of ketones is 1. The molecule has 0 amide bonds. The smallest absolute Gasteiger partial charge is 0.321 e. The molecule has 2 nitrogen and oxygen atoms in total. The summed E-state index contributed by atoms with van der Waals surface area (Å²) < 4.78 is 36.9. The lowest BCUT2D eigenvalue weighted by Crippen LogP contribution is -2.27. The van der Waals surface area contributed by atoms with Crippen LogP contribution in [0.1, 0.15) is 22.8 Å². The van der Waals surface area contributed by atoms with E-state index in [1.165, 1.54) is 6.92 Å². The third-order valence-electron chi connectivity index (χ3n) is 1.98. The van der Waals surface area contributed by atoms with Crippen molar-refractivity contribution in [2.45, 2.75) is 19.1 Å². The van der Waals surface area contributed by atoms with Crippen molar-refractivity contribution >= 4 is 17.4 Å². The molecule has 1 rings (SSSR count). The van der Waals surface area contributed by atoms with Gasteiger partial charge in [-0.3, -0.25) is 4.79 Å². The van der Waals surface area contributed by atoms with Gasteiger partial charge in [-0.2, -0.15) is 13.2 Å². The predicted octanol–water partition coefficient (Wildman–Crippen LogP) is 2.89. The summed E-state index contributed by atoms with van der Waals surface area (Å²) in [5.41, 5.74) is 4.44. The lowest BCUT2D eigenvalue weighted by molar-refractivity contribution is -0.137. The van der Waals surface area contributed by atoms with Crippen LogP contribution < -0.4 is 5.73 Å². The molecule has 0 spiro atoms. The number of Topliss-reactive ketones (excluding diaryl/α,β-unsaturated/α-hetero) is 1. The van der Waals surface area contributed by atoms with Crippen molar-refractivity contribution < 1.29 is 18.0 Å². The first-order valence-electron chi connectivity index (χ1n) is 4.40. The van der Waals surface area contributed by atoms with Crippen molar-refractivity contribution in [3.05, 3.63) is 34.3 Å².